The minimum Gasteiger partial charge on any atom is -0.482 e. The number of esters is 1. The summed E-state index contributed by atoms with van der Waals surface area (Å²) < 4.78 is 10.8. The lowest BCUT2D eigenvalue weighted by molar-refractivity contribution is -0.123. The molecule has 1 N–H and O–H groups in total. The maximum absolute atomic E-state index is 11.8. The van der Waals surface area contributed by atoms with Crippen LogP contribution in [0.2, 0.25) is 5.02 Å². The maximum atomic E-state index is 11.8. The van der Waals surface area contributed by atoms with Gasteiger partial charge in [-0.05, 0) is 35.9 Å². The Balaban J connectivity index is 1.81. The lowest BCUT2D eigenvalue weighted by Crippen LogP contribution is -2.28. The fraction of sp³-hybridized carbons (Fsp3) is 0.176. The zero-order chi connectivity index (χ0) is 17.5. The molecule has 0 atom stereocenters. The molecule has 0 saturated carbocycles. The topological polar surface area (TPSA) is 64.6 Å². The zero-order valence-corrected chi connectivity index (χ0v) is 15.2. The molecule has 2 rings (SSSR count). The van der Waals surface area contributed by atoms with Gasteiger partial charge in [-0.3, -0.25) is 4.79 Å². The van der Waals surface area contributed by atoms with Crippen LogP contribution in [0.25, 0.3) is 0 Å². The highest BCUT2D eigenvalue weighted by Crippen LogP contribution is 2.27. The van der Waals surface area contributed by atoms with Crippen molar-refractivity contribution < 1.29 is 19.1 Å². The molecule has 0 aliphatic heterocycles. The average molecular weight is 413 g/mol. The van der Waals surface area contributed by atoms with Crippen LogP contribution in [0.3, 0.4) is 0 Å². The molecule has 5 nitrogen and oxygen atoms in total. The van der Waals surface area contributed by atoms with Crippen LogP contribution in [0.1, 0.15) is 15.9 Å². The number of carbonyl (C=O) groups is 2. The van der Waals surface area contributed by atoms with E-state index in [0.717, 1.165) is 10.0 Å². The summed E-state index contributed by atoms with van der Waals surface area (Å²) in [6.07, 6.45) is 0. The molecule has 0 aromatic heterocycles. The lowest BCUT2D eigenvalue weighted by atomic mass is 10.1. The van der Waals surface area contributed by atoms with Crippen LogP contribution >= 0.6 is 27.5 Å². The third-order valence-corrected chi connectivity index (χ3v) is 3.91. The summed E-state index contributed by atoms with van der Waals surface area (Å²) in [6, 6.07) is 11.9. The quantitative estimate of drug-likeness (QED) is 0.737. The molecule has 0 aliphatic rings. The molecule has 0 aliphatic carbocycles. The first kappa shape index (κ1) is 18.3. The van der Waals surface area contributed by atoms with Crippen LogP contribution in [-0.4, -0.2) is 25.6 Å². The van der Waals surface area contributed by atoms with E-state index in [2.05, 4.69) is 26.0 Å². The smallest absolute Gasteiger partial charge is 0.337 e. The van der Waals surface area contributed by atoms with Gasteiger partial charge in [0.25, 0.3) is 5.91 Å². The molecule has 0 saturated heterocycles. The second-order valence-electron chi connectivity index (χ2n) is 4.83. The Bertz CT molecular complexity index is 734. The summed E-state index contributed by atoms with van der Waals surface area (Å²) in [5.74, 6) is -0.228. The van der Waals surface area contributed by atoms with E-state index in [1.165, 1.54) is 7.11 Å². The summed E-state index contributed by atoms with van der Waals surface area (Å²) >= 11 is 9.31. The van der Waals surface area contributed by atoms with Crippen molar-refractivity contribution in [3.63, 3.8) is 0 Å². The summed E-state index contributed by atoms with van der Waals surface area (Å²) in [4.78, 5) is 23.2. The standard InChI is InChI=1S/C17H15BrClNO4/c1-23-17(22)12-4-2-11(3-5-12)9-20-16(21)10-24-15-7-6-13(18)8-14(15)19/h2-8H,9-10H2,1H3,(H,20,21). The first-order valence-corrected chi connectivity index (χ1v) is 8.18. The molecular weight excluding hydrogens is 398 g/mol. The number of methoxy groups -OCH3 is 1. The van der Waals surface area contributed by atoms with Gasteiger partial charge < -0.3 is 14.8 Å². The molecule has 0 radical (unpaired) electrons. The average Bonchev–Trinajstić information content (AvgIpc) is 2.59. The number of amides is 1. The van der Waals surface area contributed by atoms with Crippen LogP contribution in [0.5, 0.6) is 5.75 Å². The Labute approximate surface area is 153 Å². The number of carbonyl (C=O) groups excluding carboxylic acids is 2. The first-order valence-electron chi connectivity index (χ1n) is 7.01. The van der Waals surface area contributed by atoms with Gasteiger partial charge in [-0.15, -0.1) is 0 Å². The molecule has 0 unspecified atom stereocenters. The van der Waals surface area contributed by atoms with E-state index in [1.54, 1.807) is 42.5 Å². The summed E-state index contributed by atoms with van der Waals surface area (Å²) in [6.45, 7) is 0.194. The highest BCUT2D eigenvalue weighted by molar-refractivity contribution is 9.10. The van der Waals surface area contributed by atoms with Crippen molar-refractivity contribution in [1.82, 2.24) is 5.32 Å². The Morgan fingerprint density at radius 2 is 1.88 bits per heavy atom. The minimum absolute atomic E-state index is 0.137. The predicted octanol–water partition coefficient (Wildman–Crippen LogP) is 3.58. The van der Waals surface area contributed by atoms with Crippen molar-refractivity contribution in [2.45, 2.75) is 6.54 Å². The van der Waals surface area contributed by atoms with Gasteiger partial charge in [0.1, 0.15) is 5.75 Å². The summed E-state index contributed by atoms with van der Waals surface area (Å²) in [5.41, 5.74) is 1.32. The third kappa shape index (κ3) is 5.25. The molecule has 1 amide bonds. The normalized spacial score (nSPS) is 10.1. The molecule has 2 aromatic rings. The summed E-state index contributed by atoms with van der Waals surface area (Å²) in [5, 5.41) is 3.16. The van der Waals surface area contributed by atoms with E-state index in [9.17, 15) is 9.59 Å². The number of hydrogen-bond acceptors (Lipinski definition) is 4. The van der Waals surface area contributed by atoms with Crippen molar-refractivity contribution in [1.29, 1.82) is 0 Å². The van der Waals surface area contributed by atoms with Gasteiger partial charge in [-0.25, -0.2) is 4.79 Å². The SMILES string of the molecule is COC(=O)c1ccc(CNC(=O)COc2ccc(Br)cc2Cl)cc1. The molecule has 0 bridgehead atoms. The number of ether oxygens (including phenoxy) is 2. The van der Waals surface area contributed by atoms with E-state index in [1.807, 2.05) is 0 Å². The molecule has 2 aromatic carbocycles. The van der Waals surface area contributed by atoms with Gasteiger partial charge in [0.05, 0.1) is 17.7 Å². The number of benzene rings is 2. The fourth-order valence-corrected chi connectivity index (χ4v) is 2.59. The van der Waals surface area contributed by atoms with Gasteiger partial charge in [0.15, 0.2) is 6.61 Å². The Morgan fingerprint density at radius 3 is 2.50 bits per heavy atom. The Kier molecular flexibility index (Phi) is 6.63. The van der Waals surface area contributed by atoms with Gasteiger partial charge in [-0.2, -0.15) is 0 Å². The number of rotatable bonds is 6. The van der Waals surface area contributed by atoms with Crippen molar-refractivity contribution in [3.05, 3.63) is 63.1 Å². The highest BCUT2D eigenvalue weighted by atomic mass is 79.9. The molecule has 0 fully saturated rings. The Morgan fingerprint density at radius 1 is 1.17 bits per heavy atom. The molecule has 0 heterocycles. The molecule has 7 heteroatoms. The van der Waals surface area contributed by atoms with Crippen LogP contribution in [-0.2, 0) is 16.1 Å². The van der Waals surface area contributed by atoms with E-state index in [-0.39, 0.29) is 12.5 Å². The fourth-order valence-electron chi connectivity index (χ4n) is 1.86. The molecular formula is C17H15BrClNO4. The Hall–Kier alpha value is -2.05. The van der Waals surface area contributed by atoms with Crippen LogP contribution in [0.15, 0.2) is 46.9 Å². The number of hydrogen-bond donors (Lipinski definition) is 1. The van der Waals surface area contributed by atoms with E-state index in [0.29, 0.717) is 22.9 Å². The minimum atomic E-state index is -0.398. The molecule has 0 spiro atoms. The summed E-state index contributed by atoms with van der Waals surface area (Å²) in [7, 11) is 1.33. The molecule has 24 heavy (non-hydrogen) atoms. The van der Waals surface area contributed by atoms with Crippen LogP contribution in [0.4, 0.5) is 0 Å². The second kappa shape index (κ2) is 8.70. The lowest BCUT2D eigenvalue weighted by Gasteiger charge is -2.09. The largest absolute Gasteiger partial charge is 0.482 e. The van der Waals surface area contributed by atoms with Gasteiger partial charge >= 0.3 is 5.97 Å². The van der Waals surface area contributed by atoms with Crippen LogP contribution < -0.4 is 10.1 Å². The third-order valence-electron chi connectivity index (χ3n) is 3.12. The highest BCUT2D eigenvalue weighted by Gasteiger charge is 2.07. The van der Waals surface area contributed by atoms with Crippen LogP contribution in [0, 0.1) is 0 Å². The second-order valence-corrected chi connectivity index (χ2v) is 6.15. The number of nitrogens with one attached hydrogen (secondary N) is 1. The maximum Gasteiger partial charge on any atom is 0.337 e. The van der Waals surface area contributed by atoms with Crippen molar-refractivity contribution >= 4 is 39.4 Å². The predicted molar refractivity (Wildman–Crippen MR) is 94.3 cm³/mol. The van der Waals surface area contributed by atoms with Gasteiger partial charge in [0, 0.05) is 11.0 Å². The van der Waals surface area contributed by atoms with E-state index in [4.69, 9.17) is 16.3 Å². The number of halogens is 2. The van der Waals surface area contributed by atoms with Crippen molar-refractivity contribution in [2.24, 2.45) is 0 Å². The zero-order valence-electron chi connectivity index (χ0n) is 12.8. The van der Waals surface area contributed by atoms with Gasteiger partial charge in [0.2, 0.25) is 0 Å². The van der Waals surface area contributed by atoms with Gasteiger partial charge in [-0.1, -0.05) is 39.7 Å². The van der Waals surface area contributed by atoms with E-state index < -0.39 is 5.97 Å². The first-order chi connectivity index (χ1) is 11.5. The van der Waals surface area contributed by atoms with Crippen molar-refractivity contribution in [2.75, 3.05) is 13.7 Å². The van der Waals surface area contributed by atoms with E-state index >= 15 is 0 Å². The monoisotopic (exact) mass is 411 g/mol. The van der Waals surface area contributed by atoms with Crippen molar-refractivity contribution in [3.8, 4) is 5.75 Å². The molecule has 126 valence electrons.